The molecule has 1 aliphatic heterocycles. The zero-order valence-electron chi connectivity index (χ0n) is 17.8. The van der Waals surface area contributed by atoms with E-state index in [1.54, 1.807) is 27.7 Å². The van der Waals surface area contributed by atoms with Crippen molar-refractivity contribution in [1.82, 2.24) is 14.3 Å². The second-order valence-electron chi connectivity index (χ2n) is 7.68. The van der Waals surface area contributed by atoms with E-state index >= 15 is 0 Å². The van der Waals surface area contributed by atoms with Crippen LogP contribution < -0.4 is 10.0 Å². The average Bonchev–Trinajstić information content (AvgIpc) is 2.99. The van der Waals surface area contributed by atoms with E-state index in [0.29, 0.717) is 0 Å². The van der Waals surface area contributed by atoms with Gasteiger partial charge in [-0.2, -0.15) is 12.7 Å². The van der Waals surface area contributed by atoms with Gasteiger partial charge >= 0.3 is 12.1 Å². The topological polar surface area (TPSA) is 163 Å². The maximum Gasteiger partial charge on any atom is 0.407 e. The number of alkyl carbamates (subject to hydrolysis) is 1. The zero-order chi connectivity index (χ0) is 23.0. The fraction of sp³-hybridized carbons (Fsp3) is 0.765. The first-order valence-electron chi connectivity index (χ1n) is 9.47. The number of allylic oxidation sites excluding steroid dienone is 1. The van der Waals surface area contributed by atoms with Gasteiger partial charge in [0, 0.05) is 31.1 Å². The predicted octanol–water partition coefficient (Wildman–Crippen LogP) is 1.47. The predicted molar refractivity (Wildman–Crippen MR) is 110 cm³/mol. The molecular formula is C17H30N6O6S. The molecule has 170 valence electrons. The molecule has 0 aromatic carbocycles. The molecule has 0 unspecified atom stereocenters. The Labute approximate surface area is 176 Å². The number of esters is 1. The number of ether oxygens (including phenoxy) is 2. The molecule has 2 N–H and O–H groups in total. The van der Waals surface area contributed by atoms with Crippen molar-refractivity contribution in [3.05, 3.63) is 23.1 Å². The van der Waals surface area contributed by atoms with Gasteiger partial charge in [0.05, 0.1) is 6.61 Å². The van der Waals surface area contributed by atoms with Crippen LogP contribution in [0.4, 0.5) is 4.79 Å². The van der Waals surface area contributed by atoms with Gasteiger partial charge in [0.25, 0.3) is 10.2 Å². The van der Waals surface area contributed by atoms with Crippen LogP contribution in [0.1, 0.15) is 34.1 Å². The molecule has 30 heavy (non-hydrogen) atoms. The highest BCUT2D eigenvalue weighted by Gasteiger charge is 2.55. The minimum absolute atomic E-state index is 0.00254. The summed E-state index contributed by atoms with van der Waals surface area (Å²) in [4.78, 5) is 26.9. The van der Waals surface area contributed by atoms with E-state index < -0.39 is 39.3 Å². The molecule has 0 saturated carbocycles. The SMILES string of the molecule is C=CC[C@H]1CN(S(=O)(=O)NCCNC(=O)OC(C)(C)C)C[C@@]1(N=[N+]=[N-])C(=O)OCC. The summed E-state index contributed by atoms with van der Waals surface area (Å²) in [5, 5.41) is 6.08. The Bertz CT molecular complexity index is 789. The lowest BCUT2D eigenvalue weighted by molar-refractivity contribution is -0.150. The van der Waals surface area contributed by atoms with Gasteiger partial charge in [0.1, 0.15) is 5.60 Å². The van der Waals surface area contributed by atoms with Crippen LogP contribution in [0, 0.1) is 5.92 Å². The smallest absolute Gasteiger partial charge is 0.407 e. The largest absolute Gasteiger partial charge is 0.465 e. The number of rotatable bonds is 10. The number of azide groups is 1. The third kappa shape index (κ3) is 6.87. The van der Waals surface area contributed by atoms with E-state index in [4.69, 9.17) is 15.0 Å². The summed E-state index contributed by atoms with van der Waals surface area (Å²) in [5.74, 6) is -1.40. The molecule has 1 rings (SSSR count). The second kappa shape index (κ2) is 10.6. The molecule has 0 bridgehead atoms. The van der Waals surface area contributed by atoms with Gasteiger partial charge < -0.3 is 14.8 Å². The molecule has 0 aromatic heterocycles. The quantitative estimate of drug-likeness (QED) is 0.129. The van der Waals surface area contributed by atoms with Gasteiger partial charge in [0.15, 0.2) is 5.54 Å². The lowest BCUT2D eigenvalue weighted by Crippen LogP contribution is -2.48. The molecule has 1 amide bonds. The number of hydrogen-bond acceptors (Lipinski definition) is 7. The Morgan fingerprint density at radius 1 is 1.40 bits per heavy atom. The first kappa shape index (κ1) is 25.7. The first-order valence-corrected chi connectivity index (χ1v) is 10.9. The van der Waals surface area contributed by atoms with E-state index in [2.05, 4.69) is 26.6 Å². The van der Waals surface area contributed by atoms with Crippen LogP contribution in [0.3, 0.4) is 0 Å². The molecule has 2 atom stereocenters. The number of nitrogens with one attached hydrogen (secondary N) is 2. The van der Waals surface area contributed by atoms with Crippen molar-refractivity contribution >= 4 is 22.3 Å². The van der Waals surface area contributed by atoms with Gasteiger partial charge in [-0.15, -0.1) is 6.58 Å². The Hall–Kier alpha value is -2.34. The molecule has 1 heterocycles. The maximum atomic E-state index is 12.7. The fourth-order valence-electron chi connectivity index (χ4n) is 2.98. The highest BCUT2D eigenvalue weighted by Crippen LogP contribution is 2.36. The zero-order valence-corrected chi connectivity index (χ0v) is 18.6. The summed E-state index contributed by atoms with van der Waals surface area (Å²) in [5.41, 5.74) is 6.63. The molecule has 0 aromatic rings. The van der Waals surface area contributed by atoms with Gasteiger partial charge in [-0.1, -0.05) is 11.2 Å². The summed E-state index contributed by atoms with van der Waals surface area (Å²) in [6.45, 7) is 9.90. The minimum Gasteiger partial charge on any atom is -0.465 e. The normalized spacial score (nSPS) is 22.1. The van der Waals surface area contributed by atoms with E-state index in [0.717, 1.165) is 4.31 Å². The summed E-state index contributed by atoms with van der Waals surface area (Å²) < 4.78 is 38.9. The van der Waals surface area contributed by atoms with Crippen LogP contribution in [0.2, 0.25) is 0 Å². The van der Waals surface area contributed by atoms with Crippen LogP contribution in [0.5, 0.6) is 0 Å². The first-order chi connectivity index (χ1) is 13.9. The number of carbonyl (C=O) groups excluding carboxylic acids is 2. The van der Waals surface area contributed by atoms with E-state index in [-0.39, 0.29) is 39.2 Å². The molecule has 0 radical (unpaired) electrons. The lowest BCUT2D eigenvalue weighted by Gasteiger charge is -2.26. The number of hydrogen-bond donors (Lipinski definition) is 2. The Balaban J connectivity index is 2.84. The van der Waals surface area contributed by atoms with Gasteiger partial charge in [0.2, 0.25) is 0 Å². The average molecular weight is 447 g/mol. The molecular weight excluding hydrogens is 416 g/mol. The Morgan fingerprint density at radius 3 is 2.60 bits per heavy atom. The molecule has 1 saturated heterocycles. The van der Waals surface area contributed by atoms with E-state index in [1.165, 1.54) is 6.08 Å². The molecule has 13 heteroatoms. The lowest BCUT2D eigenvalue weighted by atomic mass is 9.85. The van der Waals surface area contributed by atoms with Crippen molar-refractivity contribution in [2.75, 3.05) is 32.8 Å². The van der Waals surface area contributed by atoms with Crippen LogP contribution >= 0.6 is 0 Å². The van der Waals surface area contributed by atoms with Crippen LogP contribution in [-0.4, -0.2) is 68.7 Å². The van der Waals surface area contributed by atoms with Crippen molar-refractivity contribution < 1.29 is 27.5 Å². The minimum atomic E-state index is -4.02. The molecule has 0 aliphatic carbocycles. The van der Waals surface area contributed by atoms with Crippen LogP contribution in [0.15, 0.2) is 17.8 Å². The third-order valence-corrected chi connectivity index (χ3v) is 5.76. The second-order valence-corrected chi connectivity index (χ2v) is 9.43. The highest BCUT2D eigenvalue weighted by molar-refractivity contribution is 7.87. The summed E-state index contributed by atoms with van der Waals surface area (Å²) in [7, 11) is -4.02. The molecule has 0 spiro atoms. The van der Waals surface area contributed by atoms with Crippen molar-refractivity contribution in [2.24, 2.45) is 11.0 Å². The molecule has 1 fully saturated rings. The molecule has 12 nitrogen and oxygen atoms in total. The fourth-order valence-corrected chi connectivity index (χ4v) is 4.27. The van der Waals surface area contributed by atoms with Crippen molar-refractivity contribution in [3.8, 4) is 0 Å². The van der Waals surface area contributed by atoms with Crippen LogP contribution in [-0.2, 0) is 24.5 Å². The maximum absolute atomic E-state index is 12.7. The summed E-state index contributed by atoms with van der Waals surface area (Å²) in [6, 6.07) is 0. The van der Waals surface area contributed by atoms with Crippen molar-refractivity contribution in [3.63, 3.8) is 0 Å². The van der Waals surface area contributed by atoms with Crippen molar-refractivity contribution in [1.29, 1.82) is 0 Å². The number of carbonyl (C=O) groups is 2. The number of nitrogens with zero attached hydrogens (tertiary/aromatic N) is 4. The Kier molecular flexibility index (Phi) is 9.09. The van der Waals surface area contributed by atoms with Gasteiger partial charge in [-0.25, -0.2) is 9.52 Å². The third-order valence-electron chi connectivity index (χ3n) is 4.24. The van der Waals surface area contributed by atoms with Crippen molar-refractivity contribution in [2.45, 2.75) is 45.3 Å². The van der Waals surface area contributed by atoms with Gasteiger partial charge in [-0.05, 0) is 45.6 Å². The monoisotopic (exact) mass is 446 g/mol. The summed E-state index contributed by atoms with van der Waals surface area (Å²) in [6.07, 6.45) is 1.11. The standard InChI is InChI=1S/C17H30N6O6S/c1-6-8-13-11-23(12-17(13,21-22-18)14(24)28-7-2)30(26,27)20-10-9-19-15(25)29-16(3,4)5/h6,13,20H,1,7-12H2,2-5H3,(H,19,25)/t13-,17-/m0/s1. The molecule has 1 aliphatic rings. The van der Waals surface area contributed by atoms with Gasteiger partial charge in [-0.3, -0.25) is 4.79 Å². The highest BCUT2D eigenvalue weighted by atomic mass is 32.2. The van der Waals surface area contributed by atoms with Crippen LogP contribution in [0.25, 0.3) is 10.4 Å². The number of amides is 1. The van der Waals surface area contributed by atoms with E-state index in [1.807, 2.05) is 0 Å². The van der Waals surface area contributed by atoms with E-state index in [9.17, 15) is 18.0 Å². The Morgan fingerprint density at radius 2 is 2.07 bits per heavy atom. The summed E-state index contributed by atoms with van der Waals surface area (Å²) >= 11 is 0.